The molecule has 1 amide bonds. The average molecular weight is 524 g/mol. The number of halogens is 2. The third-order valence-corrected chi connectivity index (χ3v) is 3.75. The molecule has 8 nitrogen and oxygen atoms in total. The van der Waals surface area contributed by atoms with Crippen LogP contribution in [0.3, 0.4) is 0 Å². The Morgan fingerprint density at radius 1 is 1.21 bits per heavy atom. The summed E-state index contributed by atoms with van der Waals surface area (Å²) in [4.78, 5) is 15.7. The van der Waals surface area contributed by atoms with E-state index in [1.165, 1.54) is 12.1 Å². The van der Waals surface area contributed by atoms with E-state index in [1.54, 1.807) is 7.05 Å². The number of rotatable bonds is 6. The lowest BCUT2D eigenvalue weighted by Gasteiger charge is -2.21. The molecule has 164 valence electrons. The van der Waals surface area contributed by atoms with Gasteiger partial charge in [-0.05, 0) is 44.9 Å². The number of alkyl carbamates (subject to hydrolysis) is 1. The van der Waals surface area contributed by atoms with Crippen molar-refractivity contribution in [3.8, 4) is 5.75 Å². The van der Waals surface area contributed by atoms with Gasteiger partial charge in [0.05, 0.1) is 6.61 Å². The van der Waals surface area contributed by atoms with Crippen molar-refractivity contribution in [2.45, 2.75) is 39.4 Å². The van der Waals surface area contributed by atoms with E-state index in [2.05, 4.69) is 20.9 Å². The van der Waals surface area contributed by atoms with Gasteiger partial charge in [0.1, 0.15) is 17.2 Å². The second kappa shape index (κ2) is 12.0. The van der Waals surface area contributed by atoms with E-state index in [4.69, 9.17) is 14.2 Å². The standard InChI is InChI=1S/C19H29FN4O4.HI/c1-19(2,3)28-18(25)24-8-7-23-17(21-4)22-6-5-13-9-15(20)10-14-11-26-12-27-16(13)14;/h9-10H,5-8,11-12H2,1-4H3,(H,24,25)(H2,21,22,23);1H. The first-order chi connectivity index (χ1) is 13.3. The summed E-state index contributed by atoms with van der Waals surface area (Å²) in [6.07, 6.45) is 0.105. The lowest BCUT2D eigenvalue weighted by atomic mass is 10.1. The molecule has 2 rings (SSSR count). The number of aliphatic imine (C=N–C) groups is 1. The van der Waals surface area contributed by atoms with Crippen LogP contribution in [0.15, 0.2) is 17.1 Å². The summed E-state index contributed by atoms with van der Waals surface area (Å²) in [7, 11) is 1.65. The second-order valence-electron chi connectivity index (χ2n) is 7.27. The molecule has 0 bridgehead atoms. The highest BCUT2D eigenvalue weighted by Gasteiger charge is 2.17. The highest BCUT2D eigenvalue weighted by Crippen LogP contribution is 2.29. The van der Waals surface area contributed by atoms with Gasteiger partial charge in [-0.2, -0.15) is 0 Å². The third-order valence-electron chi connectivity index (χ3n) is 3.75. The number of carbonyl (C=O) groups excluding carboxylic acids is 1. The molecule has 0 aliphatic carbocycles. The summed E-state index contributed by atoms with van der Waals surface area (Å²) >= 11 is 0. The summed E-state index contributed by atoms with van der Waals surface area (Å²) in [6, 6.07) is 2.91. The maximum absolute atomic E-state index is 13.8. The van der Waals surface area contributed by atoms with E-state index in [0.717, 1.165) is 11.1 Å². The van der Waals surface area contributed by atoms with Crippen LogP contribution in [0.4, 0.5) is 9.18 Å². The molecule has 1 aromatic rings. The summed E-state index contributed by atoms with van der Waals surface area (Å²) in [5.41, 5.74) is 0.978. The predicted octanol–water partition coefficient (Wildman–Crippen LogP) is 2.54. The zero-order chi connectivity index (χ0) is 20.6. The highest BCUT2D eigenvalue weighted by molar-refractivity contribution is 14.0. The SMILES string of the molecule is CN=C(NCCNC(=O)OC(C)(C)C)NCCc1cc(F)cc2c1OCOC2.I. The Morgan fingerprint density at radius 2 is 1.90 bits per heavy atom. The van der Waals surface area contributed by atoms with Gasteiger partial charge in [-0.15, -0.1) is 24.0 Å². The van der Waals surface area contributed by atoms with Crippen molar-refractivity contribution >= 4 is 36.0 Å². The number of nitrogens with one attached hydrogen (secondary N) is 3. The molecular weight excluding hydrogens is 494 g/mol. The molecule has 29 heavy (non-hydrogen) atoms. The van der Waals surface area contributed by atoms with E-state index in [0.29, 0.717) is 44.4 Å². The minimum atomic E-state index is -0.527. The molecule has 0 unspecified atom stereocenters. The quantitative estimate of drug-likeness (QED) is 0.229. The van der Waals surface area contributed by atoms with Crippen LogP contribution in [-0.4, -0.2) is 51.1 Å². The first kappa shape index (κ1) is 25.2. The molecule has 10 heteroatoms. The van der Waals surface area contributed by atoms with E-state index in [1.807, 2.05) is 20.8 Å². The number of carbonyl (C=O) groups is 1. The topological polar surface area (TPSA) is 93.2 Å². The van der Waals surface area contributed by atoms with Gasteiger partial charge in [-0.1, -0.05) is 0 Å². The normalized spacial score (nSPS) is 13.5. The van der Waals surface area contributed by atoms with Crippen molar-refractivity contribution in [2.24, 2.45) is 4.99 Å². The average Bonchev–Trinajstić information content (AvgIpc) is 2.62. The third kappa shape index (κ3) is 9.03. The Balaban J connectivity index is 0.00000420. The van der Waals surface area contributed by atoms with Crippen LogP contribution in [-0.2, 0) is 22.5 Å². The maximum Gasteiger partial charge on any atom is 0.407 e. The van der Waals surface area contributed by atoms with E-state index in [-0.39, 0.29) is 36.6 Å². The Kier molecular flexibility index (Phi) is 10.4. The fraction of sp³-hybridized carbons (Fsp3) is 0.579. The van der Waals surface area contributed by atoms with E-state index in [9.17, 15) is 9.18 Å². The van der Waals surface area contributed by atoms with Crippen LogP contribution < -0.4 is 20.7 Å². The molecule has 0 saturated carbocycles. The number of ether oxygens (including phenoxy) is 3. The molecule has 0 radical (unpaired) electrons. The summed E-state index contributed by atoms with van der Waals surface area (Å²) < 4.78 is 29.6. The lowest BCUT2D eigenvalue weighted by molar-refractivity contribution is -0.0172. The molecule has 0 fully saturated rings. The van der Waals surface area contributed by atoms with Gasteiger partial charge >= 0.3 is 6.09 Å². The van der Waals surface area contributed by atoms with Crippen molar-refractivity contribution in [3.05, 3.63) is 29.1 Å². The fourth-order valence-electron chi connectivity index (χ4n) is 2.64. The Bertz CT molecular complexity index is 710. The maximum atomic E-state index is 13.8. The van der Waals surface area contributed by atoms with E-state index >= 15 is 0 Å². The van der Waals surface area contributed by atoms with Crippen LogP contribution in [0.2, 0.25) is 0 Å². The molecular formula is C19H30FIN4O4. The predicted molar refractivity (Wildman–Crippen MR) is 119 cm³/mol. The zero-order valence-corrected chi connectivity index (χ0v) is 19.6. The first-order valence-corrected chi connectivity index (χ1v) is 9.21. The van der Waals surface area contributed by atoms with E-state index < -0.39 is 11.7 Å². The van der Waals surface area contributed by atoms with Crippen molar-refractivity contribution in [2.75, 3.05) is 33.5 Å². The highest BCUT2D eigenvalue weighted by atomic mass is 127. The molecule has 1 aliphatic rings. The molecule has 3 N–H and O–H groups in total. The lowest BCUT2D eigenvalue weighted by Crippen LogP contribution is -2.43. The van der Waals surface area contributed by atoms with Crippen molar-refractivity contribution in [1.82, 2.24) is 16.0 Å². The van der Waals surface area contributed by atoms with Crippen LogP contribution in [0, 0.1) is 5.82 Å². The van der Waals surface area contributed by atoms with Crippen LogP contribution in [0.25, 0.3) is 0 Å². The van der Waals surface area contributed by atoms with Crippen molar-refractivity contribution < 1.29 is 23.4 Å². The Morgan fingerprint density at radius 3 is 2.59 bits per heavy atom. The van der Waals surface area contributed by atoms with Gasteiger partial charge in [-0.3, -0.25) is 4.99 Å². The molecule has 0 atom stereocenters. The summed E-state index contributed by atoms with van der Waals surface area (Å²) in [5.74, 6) is 0.970. The number of benzene rings is 1. The summed E-state index contributed by atoms with van der Waals surface area (Å²) in [6.45, 7) is 7.36. The number of fused-ring (bicyclic) bond motifs is 1. The van der Waals surface area contributed by atoms with Crippen LogP contribution in [0.1, 0.15) is 31.9 Å². The van der Waals surface area contributed by atoms with Crippen LogP contribution >= 0.6 is 24.0 Å². The van der Waals surface area contributed by atoms with Crippen LogP contribution in [0.5, 0.6) is 5.75 Å². The number of hydrogen-bond acceptors (Lipinski definition) is 5. The molecule has 1 aliphatic heterocycles. The van der Waals surface area contributed by atoms with Gasteiger partial charge in [-0.25, -0.2) is 9.18 Å². The van der Waals surface area contributed by atoms with Gasteiger partial charge in [0.25, 0.3) is 0 Å². The number of amides is 1. The van der Waals surface area contributed by atoms with Crippen molar-refractivity contribution in [3.63, 3.8) is 0 Å². The second-order valence-corrected chi connectivity index (χ2v) is 7.27. The fourth-order valence-corrected chi connectivity index (χ4v) is 2.64. The largest absolute Gasteiger partial charge is 0.467 e. The first-order valence-electron chi connectivity index (χ1n) is 9.21. The smallest absolute Gasteiger partial charge is 0.407 e. The summed E-state index contributed by atoms with van der Waals surface area (Å²) in [5, 5.41) is 8.91. The molecule has 0 aromatic heterocycles. The number of guanidine groups is 1. The van der Waals surface area contributed by atoms with Gasteiger partial charge < -0.3 is 30.2 Å². The molecule has 1 aromatic carbocycles. The minimum absolute atomic E-state index is 0. The molecule has 1 heterocycles. The molecule has 0 spiro atoms. The Labute approximate surface area is 188 Å². The van der Waals surface area contributed by atoms with Gasteiger partial charge in [0, 0.05) is 32.2 Å². The zero-order valence-electron chi connectivity index (χ0n) is 17.3. The number of hydrogen-bond donors (Lipinski definition) is 3. The monoisotopic (exact) mass is 524 g/mol. The van der Waals surface area contributed by atoms with Crippen molar-refractivity contribution in [1.29, 1.82) is 0 Å². The molecule has 0 saturated heterocycles. The Hall–Kier alpha value is -1.82. The van der Waals surface area contributed by atoms with Gasteiger partial charge in [0.15, 0.2) is 12.8 Å². The number of nitrogens with zero attached hydrogens (tertiary/aromatic N) is 1. The minimum Gasteiger partial charge on any atom is -0.467 e. The van der Waals surface area contributed by atoms with Gasteiger partial charge in [0.2, 0.25) is 0 Å².